The molecule has 7 heteroatoms. The quantitative estimate of drug-likeness (QED) is 0.424. The van der Waals surface area contributed by atoms with E-state index in [1.165, 1.54) is 18.3 Å². The number of nitrogens with zero attached hydrogens (tertiary/aromatic N) is 2. The molecule has 1 amide bonds. The summed E-state index contributed by atoms with van der Waals surface area (Å²) in [5.41, 5.74) is 2.85. The number of pyridine rings is 1. The number of carbonyl (C=O) groups excluding carboxylic acids is 2. The summed E-state index contributed by atoms with van der Waals surface area (Å²) in [7, 11) is 0. The van der Waals surface area contributed by atoms with Gasteiger partial charge in [-0.05, 0) is 62.4 Å². The molecule has 0 saturated carbocycles. The zero-order valence-corrected chi connectivity index (χ0v) is 17.5. The Hall–Kier alpha value is -3.38. The summed E-state index contributed by atoms with van der Waals surface area (Å²) in [6, 6.07) is 20.1. The third-order valence-corrected chi connectivity index (χ3v) is 4.49. The second kappa shape index (κ2) is 9.89. The predicted octanol–water partition coefficient (Wildman–Crippen LogP) is 5.08. The first-order chi connectivity index (χ1) is 14.4. The Morgan fingerprint density at radius 2 is 1.70 bits per heavy atom. The van der Waals surface area contributed by atoms with Crippen molar-refractivity contribution in [2.45, 2.75) is 19.9 Å². The summed E-state index contributed by atoms with van der Waals surface area (Å²) in [6.07, 6.45) is 1.41. The Morgan fingerprint density at radius 3 is 2.33 bits per heavy atom. The molecule has 0 aliphatic heterocycles. The van der Waals surface area contributed by atoms with Gasteiger partial charge in [-0.3, -0.25) is 4.79 Å². The predicted molar refractivity (Wildman–Crippen MR) is 118 cm³/mol. The maximum Gasteiger partial charge on any atom is 0.338 e. The maximum atomic E-state index is 12.8. The van der Waals surface area contributed by atoms with E-state index in [1.807, 2.05) is 68.4 Å². The number of benzene rings is 2. The lowest BCUT2D eigenvalue weighted by Gasteiger charge is -2.27. The second-order valence-electron chi connectivity index (χ2n) is 6.84. The largest absolute Gasteiger partial charge is 0.452 e. The molecular formula is C23H22ClN3O3. The van der Waals surface area contributed by atoms with Gasteiger partial charge in [-0.25, -0.2) is 9.78 Å². The van der Waals surface area contributed by atoms with Gasteiger partial charge in [0.05, 0.1) is 5.56 Å². The number of aromatic nitrogens is 1. The summed E-state index contributed by atoms with van der Waals surface area (Å²) in [5, 5.41) is 3.49. The van der Waals surface area contributed by atoms with Crippen LogP contribution >= 0.6 is 11.6 Å². The molecule has 6 nitrogen and oxygen atoms in total. The molecule has 0 aliphatic rings. The molecule has 0 spiro atoms. The number of ether oxygens (including phenoxy) is 1. The van der Waals surface area contributed by atoms with E-state index >= 15 is 0 Å². The number of para-hydroxylation sites is 1. The van der Waals surface area contributed by atoms with Gasteiger partial charge in [0.2, 0.25) is 0 Å². The SMILES string of the molecule is CC(C)N(C(=O)COC(=O)c1ccnc(Cl)c1)c1ccc(Nc2ccccc2)cc1. The van der Waals surface area contributed by atoms with Crippen molar-refractivity contribution in [3.05, 3.63) is 83.6 Å². The Labute approximate surface area is 180 Å². The van der Waals surface area contributed by atoms with Gasteiger partial charge in [0.15, 0.2) is 6.61 Å². The molecule has 1 aromatic heterocycles. The lowest BCUT2D eigenvalue weighted by molar-refractivity contribution is -0.122. The van der Waals surface area contributed by atoms with Crippen LogP contribution in [0.1, 0.15) is 24.2 Å². The van der Waals surface area contributed by atoms with Crippen LogP contribution in [0, 0.1) is 0 Å². The van der Waals surface area contributed by atoms with Crippen LogP contribution in [0.3, 0.4) is 0 Å². The lowest BCUT2D eigenvalue weighted by atomic mass is 10.2. The van der Waals surface area contributed by atoms with Gasteiger partial charge in [0, 0.05) is 29.3 Å². The molecule has 30 heavy (non-hydrogen) atoms. The third kappa shape index (κ3) is 5.58. The summed E-state index contributed by atoms with van der Waals surface area (Å²) in [4.78, 5) is 30.3. The zero-order valence-electron chi connectivity index (χ0n) is 16.7. The van der Waals surface area contributed by atoms with E-state index in [9.17, 15) is 9.59 Å². The van der Waals surface area contributed by atoms with Crippen molar-refractivity contribution in [1.82, 2.24) is 4.98 Å². The van der Waals surface area contributed by atoms with E-state index in [-0.39, 0.29) is 29.3 Å². The van der Waals surface area contributed by atoms with Crippen LogP contribution in [-0.2, 0) is 9.53 Å². The molecule has 0 saturated heterocycles. The number of anilines is 3. The van der Waals surface area contributed by atoms with Crippen LogP contribution in [0.25, 0.3) is 0 Å². The number of hydrogen-bond acceptors (Lipinski definition) is 5. The average molecular weight is 424 g/mol. The molecule has 3 rings (SSSR count). The average Bonchev–Trinajstić information content (AvgIpc) is 2.74. The maximum absolute atomic E-state index is 12.8. The highest BCUT2D eigenvalue weighted by Gasteiger charge is 2.21. The molecule has 2 aromatic carbocycles. The van der Waals surface area contributed by atoms with Crippen LogP contribution in [0.2, 0.25) is 5.15 Å². The molecule has 1 heterocycles. The van der Waals surface area contributed by atoms with Gasteiger partial charge in [0.1, 0.15) is 5.15 Å². The molecule has 0 unspecified atom stereocenters. The summed E-state index contributed by atoms with van der Waals surface area (Å²) >= 11 is 5.79. The van der Waals surface area contributed by atoms with Crippen molar-refractivity contribution in [3.63, 3.8) is 0 Å². The molecule has 0 radical (unpaired) electrons. The zero-order chi connectivity index (χ0) is 21.5. The number of rotatable bonds is 7. The fourth-order valence-electron chi connectivity index (χ4n) is 2.93. The van der Waals surface area contributed by atoms with Crippen LogP contribution < -0.4 is 10.2 Å². The number of amides is 1. The Morgan fingerprint density at radius 1 is 1.03 bits per heavy atom. The van der Waals surface area contributed by atoms with Crippen molar-refractivity contribution < 1.29 is 14.3 Å². The van der Waals surface area contributed by atoms with Crippen molar-refractivity contribution in [2.24, 2.45) is 0 Å². The first-order valence-electron chi connectivity index (χ1n) is 9.47. The summed E-state index contributed by atoms with van der Waals surface area (Å²) in [6.45, 7) is 3.43. The van der Waals surface area contributed by atoms with Crippen molar-refractivity contribution in [2.75, 3.05) is 16.8 Å². The third-order valence-electron chi connectivity index (χ3n) is 4.28. The minimum absolute atomic E-state index is 0.112. The fraction of sp³-hybridized carbons (Fsp3) is 0.174. The number of hydrogen-bond donors (Lipinski definition) is 1. The summed E-state index contributed by atoms with van der Waals surface area (Å²) in [5.74, 6) is -0.943. The number of esters is 1. The van der Waals surface area contributed by atoms with Crippen LogP contribution in [0.15, 0.2) is 72.9 Å². The molecule has 3 aromatic rings. The van der Waals surface area contributed by atoms with Crippen molar-refractivity contribution in [3.8, 4) is 0 Å². The molecular weight excluding hydrogens is 402 g/mol. The fourth-order valence-corrected chi connectivity index (χ4v) is 3.11. The Bertz CT molecular complexity index is 1010. The molecule has 0 fully saturated rings. The number of halogens is 1. The van der Waals surface area contributed by atoms with Crippen LogP contribution in [0.5, 0.6) is 0 Å². The minimum Gasteiger partial charge on any atom is -0.452 e. The van der Waals surface area contributed by atoms with Crippen LogP contribution in [0.4, 0.5) is 17.1 Å². The van der Waals surface area contributed by atoms with Gasteiger partial charge >= 0.3 is 5.97 Å². The van der Waals surface area contributed by atoms with Crippen LogP contribution in [-0.4, -0.2) is 29.5 Å². The number of carbonyl (C=O) groups is 2. The first kappa shape index (κ1) is 21.3. The van der Waals surface area contributed by atoms with E-state index in [0.29, 0.717) is 0 Å². The van der Waals surface area contributed by atoms with Gasteiger partial charge in [-0.2, -0.15) is 0 Å². The van der Waals surface area contributed by atoms with Gasteiger partial charge in [0.25, 0.3) is 5.91 Å². The minimum atomic E-state index is -0.626. The topological polar surface area (TPSA) is 71.5 Å². The van der Waals surface area contributed by atoms with E-state index in [0.717, 1.165) is 17.1 Å². The first-order valence-corrected chi connectivity index (χ1v) is 9.84. The van der Waals surface area contributed by atoms with E-state index < -0.39 is 5.97 Å². The Balaban J connectivity index is 1.65. The van der Waals surface area contributed by atoms with Gasteiger partial charge in [-0.1, -0.05) is 29.8 Å². The monoisotopic (exact) mass is 423 g/mol. The highest BCUT2D eigenvalue weighted by atomic mass is 35.5. The normalized spacial score (nSPS) is 10.5. The van der Waals surface area contributed by atoms with Crippen molar-refractivity contribution >= 4 is 40.5 Å². The standard InChI is InChI=1S/C23H22ClN3O3/c1-16(2)27(22(28)15-30-23(29)17-12-13-25-21(24)14-17)20-10-8-19(9-11-20)26-18-6-4-3-5-7-18/h3-14,16,26H,15H2,1-2H3. The van der Waals surface area contributed by atoms with E-state index in [1.54, 1.807) is 4.90 Å². The van der Waals surface area contributed by atoms with E-state index in [2.05, 4.69) is 10.3 Å². The molecule has 0 atom stereocenters. The highest BCUT2D eigenvalue weighted by molar-refractivity contribution is 6.29. The molecule has 1 N–H and O–H groups in total. The number of nitrogens with one attached hydrogen (secondary N) is 1. The highest BCUT2D eigenvalue weighted by Crippen LogP contribution is 2.23. The van der Waals surface area contributed by atoms with Gasteiger partial charge in [-0.15, -0.1) is 0 Å². The summed E-state index contributed by atoms with van der Waals surface area (Å²) < 4.78 is 5.17. The second-order valence-corrected chi connectivity index (χ2v) is 7.23. The van der Waals surface area contributed by atoms with E-state index in [4.69, 9.17) is 16.3 Å². The lowest BCUT2D eigenvalue weighted by Crippen LogP contribution is -2.39. The molecule has 0 bridgehead atoms. The smallest absolute Gasteiger partial charge is 0.338 e. The Kier molecular flexibility index (Phi) is 7.03. The molecule has 0 aliphatic carbocycles. The van der Waals surface area contributed by atoms with Gasteiger partial charge < -0.3 is 15.0 Å². The van der Waals surface area contributed by atoms with Crippen molar-refractivity contribution in [1.29, 1.82) is 0 Å². The molecule has 154 valence electrons.